The fraction of sp³-hybridized carbons (Fsp3) is 0.333. The number of aromatic nitrogens is 1. The molecule has 0 saturated carbocycles. The van der Waals surface area contributed by atoms with Crippen LogP contribution in [0.3, 0.4) is 0 Å². The number of carbonyl (C=O) groups excluding carboxylic acids is 3. The monoisotopic (exact) mass is 380 g/mol. The van der Waals surface area contributed by atoms with Crippen LogP contribution in [0.25, 0.3) is 0 Å². The molecule has 0 bridgehead atoms. The highest BCUT2D eigenvalue weighted by molar-refractivity contribution is 6.39. The van der Waals surface area contributed by atoms with E-state index in [9.17, 15) is 14.4 Å². The van der Waals surface area contributed by atoms with E-state index in [-0.39, 0.29) is 18.4 Å². The first-order chi connectivity index (χ1) is 13.5. The molecule has 1 aromatic heterocycles. The molecule has 2 N–H and O–H groups in total. The van der Waals surface area contributed by atoms with E-state index in [1.807, 2.05) is 26.0 Å². The summed E-state index contributed by atoms with van der Waals surface area (Å²) in [5.74, 6) is -1.55. The molecule has 0 unspecified atom stereocenters. The third-order valence-electron chi connectivity index (χ3n) is 4.58. The Morgan fingerprint density at radius 3 is 2.68 bits per heavy atom. The molecule has 0 spiro atoms. The molecular formula is C21H24N4O3. The van der Waals surface area contributed by atoms with Crippen LogP contribution in [0.15, 0.2) is 42.6 Å². The van der Waals surface area contributed by atoms with Crippen LogP contribution in [-0.2, 0) is 27.3 Å². The topological polar surface area (TPSA) is 91.4 Å². The van der Waals surface area contributed by atoms with Crippen molar-refractivity contribution in [1.29, 1.82) is 0 Å². The number of benzene rings is 1. The van der Waals surface area contributed by atoms with Gasteiger partial charge in [0.15, 0.2) is 0 Å². The molecule has 0 aliphatic carbocycles. The molecule has 7 nitrogen and oxygen atoms in total. The molecular weight excluding hydrogens is 356 g/mol. The minimum Gasteiger partial charge on any atom is -0.342 e. The summed E-state index contributed by atoms with van der Waals surface area (Å²) in [6.45, 7) is 4.57. The average molecular weight is 380 g/mol. The Bertz CT molecular complexity index is 880. The quantitative estimate of drug-likeness (QED) is 0.796. The Kier molecular flexibility index (Phi) is 6.03. The molecule has 0 saturated heterocycles. The summed E-state index contributed by atoms with van der Waals surface area (Å²) >= 11 is 0. The highest BCUT2D eigenvalue weighted by Crippen LogP contribution is 2.31. The number of hydrogen-bond donors (Lipinski definition) is 2. The number of anilines is 2. The number of fused-ring (bicyclic) bond motifs is 1. The number of carbonyl (C=O) groups is 3. The molecule has 146 valence electrons. The van der Waals surface area contributed by atoms with Gasteiger partial charge in [-0.3, -0.25) is 19.4 Å². The molecule has 1 aliphatic heterocycles. The van der Waals surface area contributed by atoms with E-state index >= 15 is 0 Å². The second-order valence-corrected chi connectivity index (χ2v) is 7.05. The van der Waals surface area contributed by atoms with Crippen molar-refractivity contribution in [2.75, 3.05) is 16.8 Å². The van der Waals surface area contributed by atoms with Gasteiger partial charge in [-0.25, -0.2) is 0 Å². The minimum atomic E-state index is -0.756. The number of rotatable bonds is 4. The summed E-state index contributed by atoms with van der Waals surface area (Å²) in [6.07, 6.45) is 3.42. The maximum atomic E-state index is 12.5. The molecule has 3 amide bonds. The molecule has 0 atom stereocenters. The Morgan fingerprint density at radius 1 is 1.14 bits per heavy atom. The number of nitrogens with one attached hydrogen (secondary N) is 2. The zero-order valence-corrected chi connectivity index (χ0v) is 16.1. The Morgan fingerprint density at radius 2 is 1.96 bits per heavy atom. The predicted octanol–water partition coefficient (Wildman–Crippen LogP) is 2.27. The smallest absolute Gasteiger partial charge is 0.313 e. The van der Waals surface area contributed by atoms with Crippen molar-refractivity contribution in [1.82, 2.24) is 10.3 Å². The minimum absolute atomic E-state index is 0.0533. The van der Waals surface area contributed by atoms with Gasteiger partial charge in [-0.15, -0.1) is 0 Å². The molecule has 1 aliphatic rings. The molecule has 1 aromatic carbocycles. The maximum Gasteiger partial charge on any atom is 0.313 e. The van der Waals surface area contributed by atoms with E-state index in [2.05, 4.69) is 15.6 Å². The molecule has 7 heteroatoms. The second kappa shape index (κ2) is 8.65. The van der Waals surface area contributed by atoms with Crippen molar-refractivity contribution in [2.24, 2.45) is 5.92 Å². The van der Waals surface area contributed by atoms with Gasteiger partial charge < -0.3 is 15.5 Å². The van der Waals surface area contributed by atoms with Gasteiger partial charge in [-0.05, 0) is 42.7 Å². The van der Waals surface area contributed by atoms with E-state index in [0.717, 1.165) is 24.1 Å². The Labute approximate surface area is 164 Å². The van der Waals surface area contributed by atoms with Crippen LogP contribution in [0.4, 0.5) is 11.4 Å². The zero-order chi connectivity index (χ0) is 20.1. The van der Waals surface area contributed by atoms with Gasteiger partial charge in [0.1, 0.15) is 0 Å². The van der Waals surface area contributed by atoms with Crippen LogP contribution in [0.5, 0.6) is 0 Å². The van der Waals surface area contributed by atoms with Gasteiger partial charge in [-0.2, -0.15) is 0 Å². The van der Waals surface area contributed by atoms with Crippen molar-refractivity contribution in [3.05, 3.63) is 53.9 Å². The van der Waals surface area contributed by atoms with E-state index in [1.165, 1.54) is 0 Å². The molecule has 2 aromatic rings. The van der Waals surface area contributed by atoms with Gasteiger partial charge in [0, 0.05) is 30.0 Å². The molecule has 0 fully saturated rings. The van der Waals surface area contributed by atoms with Crippen molar-refractivity contribution in [3.8, 4) is 0 Å². The third kappa shape index (κ3) is 4.54. The fourth-order valence-corrected chi connectivity index (χ4v) is 3.13. The van der Waals surface area contributed by atoms with Crippen molar-refractivity contribution >= 4 is 29.1 Å². The summed E-state index contributed by atoms with van der Waals surface area (Å²) < 4.78 is 0. The van der Waals surface area contributed by atoms with Gasteiger partial charge in [0.2, 0.25) is 5.91 Å². The Balaban J connectivity index is 1.67. The number of aryl methyl sites for hydroxylation is 1. The van der Waals surface area contributed by atoms with Gasteiger partial charge >= 0.3 is 11.8 Å². The van der Waals surface area contributed by atoms with E-state index in [4.69, 9.17) is 0 Å². The second-order valence-electron chi connectivity index (χ2n) is 7.05. The number of amides is 3. The van der Waals surface area contributed by atoms with E-state index < -0.39 is 11.8 Å². The first-order valence-electron chi connectivity index (χ1n) is 9.39. The summed E-state index contributed by atoms with van der Waals surface area (Å²) in [4.78, 5) is 42.6. The standard InChI is InChI=1S/C21H24N4O3/c1-14(2)21(28)25-11-5-6-15-8-9-16(12-18(15)25)24-20(27)19(26)23-13-17-7-3-4-10-22-17/h3-4,7-10,12,14H,5-6,11,13H2,1-2H3,(H,23,26)(H,24,27). The SMILES string of the molecule is CC(C)C(=O)N1CCCc2ccc(NC(=O)C(=O)NCc3ccccn3)cc21. The summed E-state index contributed by atoms with van der Waals surface area (Å²) in [5, 5.41) is 5.15. The van der Waals surface area contributed by atoms with Crippen LogP contribution in [0, 0.1) is 5.92 Å². The first-order valence-corrected chi connectivity index (χ1v) is 9.39. The van der Waals surface area contributed by atoms with E-state index in [0.29, 0.717) is 17.9 Å². The highest BCUT2D eigenvalue weighted by Gasteiger charge is 2.25. The summed E-state index contributed by atoms with van der Waals surface area (Å²) in [6, 6.07) is 10.8. The molecule has 28 heavy (non-hydrogen) atoms. The van der Waals surface area contributed by atoms with E-state index in [1.54, 1.807) is 35.4 Å². The lowest BCUT2D eigenvalue weighted by atomic mass is 9.99. The number of nitrogens with zero attached hydrogens (tertiary/aromatic N) is 2. The average Bonchev–Trinajstić information content (AvgIpc) is 2.71. The van der Waals surface area contributed by atoms with Gasteiger partial charge in [-0.1, -0.05) is 26.0 Å². The lowest BCUT2D eigenvalue weighted by Crippen LogP contribution is -2.38. The van der Waals surface area contributed by atoms with Crippen LogP contribution in [-0.4, -0.2) is 29.3 Å². The zero-order valence-electron chi connectivity index (χ0n) is 16.1. The fourth-order valence-electron chi connectivity index (χ4n) is 3.13. The molecule has 3 rings (SSSR count). The van der Waals surface area contributed by atoms with Crippen LogP contribution in [0.2, 0.25) is 0 Å². The maximum absolute atomic E-state index is 12.5. The molecule has 0 radical (unpaired) electrons. The van der Waals surface area contributed by atoms with Gasteiger partial charge in [0.25, 0.3) is 0 Å². The Hall–Kier alpha value is -3.22. The van der Waals surface area contributed by atoms with Crippen LogP contribution < -0.4 is 15.5 Å². The summed E-state index contributed by atoms with van der Waals surface area (Å²) in [7, 11) is 0. The van der Waals surface area contributed by atoms with Crippen molar-refractivity contribution in [3.63, 3.8) is 0 Å². The normalized spacial score (nSPS) is 13.0. The lowest BCUT2D eigenvalue weighted by Gasteiger charge is -2.31. The predicted molar refractivity (Wildman–Crippen MR) is 107 cm³/mol. The van der Waals surface area contributed by atoms with Crippen molar-refractivity contribution < 1.29 is 14.4 Å². The summed E-state index contributed by atoms with van der Waals surface area (Å²) in [5.41, 5.74) is 3.02. The largest absolute Gasteiger partial charge is 0.342 e. The lowest BCUT2D eigenvalue weighted by molar-refractivity contribution is -0.136. The molecule has 2 heterocycles. The van der Waals surface area contributed by atoms with Crippen LogP contribution >= 0.6 is 0 Å². The number of hydrogen-bond acceptors (Lipinski definition) is 4. The third-order valence-corrected chi connectivity index (χ3v) is 4.58. The van der Waals surface area contributed by atoms with Gasteiger partial charge in [0.05, 0.1) is 12.2 Å². The number of pyridine rings is 1. The van der Waals surface area contributed by atoms with Crippen LogP contribution in [0.1, 0.15) is 31.5 Å². The highest BCUT2D eigenvalue weighted by atomic mass is 16.2. The first kappa shape index (κ1) is 19.5. The van der Waals surface area contributed by atoms with Crippen molar-refractivity contribution in [2.45, 2.75) is 33.2 Å².